The molecule has 0 radical (unpaired) electrons. The lowest BCUT2D eigenvalue weighted by Gasteiger charge is -2.38. The molecule has 0 spiro atoms. The van der Waals surface area contributed by atoms with Crippen molar-refractivity contribution in [3.8, 4) is 5.75 Å². The van der Waals surface area contributed by atoms with Crippen LogP contribution in [-0.2, 0) is 0 Å². The number of aromatic nitrogens is 1. The van der Waals surface area contributed by atoms with Gasteiger partial charge in [0, 0.05) is 25.7 Å². The van der Waals surface area contributed by atoms with E-state index in [4.69, 9.17) is 22.1 Å². The normalized spacial score (nSPS) is 23.4. The molecule has 0 aliphatic carbocycles. The third kappa shape index (κ3) is 2.11. The summed E-state index contributed by atoms with van der Waals surface area (Å²) < 4.78 is 5.70. The van der Waals surface area contributed by atoms with Gasteiger partial charge in [-0.05, 0) is 7.05 Å². The van der Waals surface area contributed by atoms with Crippen molar-refractivity contribution in [3.05, 3.63) is 16.8 Å². The van der Waals surface area contributed by atoms with Crippen molar-refractivity contribution in [2.75, 3.05) is 39.0 Å². The highest BCUT2D eigenvalue weighted by atomic mass is 35.5. The molecule has 1 atom stereocenters. The first-order valence-electron chi connectivity index (χ1n) is 6.14. The average molecular weight is 283 g/mol. The molecule has 1 fully saturated rings. The van der Waals surface area contributed by atoms with E-state index in [2.05, 4.69) is 9.88 Å². The Bertz CT molecular complexity index is 537. The number of anilines is 1. The van der Waals surface area contributed by atoms with Crippen LogP contribution in [0.4, 0.5) is 5.82 Å². The van der Waals surface area contributed by atoms with Crippen LogP contribution in [0.5, 0.6) is 5.75 Å². The highest BCUT2D eigenvalue weighted by Crippen LogP contribution is 2.31. The van der Waals surface area contributed by atoms with E-state index in [9.17, 15) is 4.79 Å². The molecule has 1 aromatic heterocycles. The molecule has 7 heteroatoms. The van der Waals surface area contributed by atoms with Gasteiger partial charge in [0.25, 0.3) is 5.91 Å². The Balaban J connectivity index is 2.02. The fraction of sp³-hybridized carbons (Fsp3) is 0.500. The van der Waals surface area contributed by atoms with E-state index in [-0.39, 0.29) is 22.9 Å². The SMILES string of the molecule is CN1CCN2C(=O)c3c(cc(Cl)nc3N)OC[C@H]2C1. The first kappa shape index (κ1) is 12.5. The number of hydrogen-bond acceptors (Lipinski definition) is 5. The van der Waals surface area contributed by atoms with Crippen molar-refractivity contribution >= 4 is 23.3 Å². The van der Waals surface area contributed by atoms with Crippen molar-refractivity contribution in [2.24, 2.45) is 0 Å². The van der Waals surface area contributed by atoms with E-state index >= 15 is 0 Å². The zero-order chi connectivity index (χ0) is 13.6. The fourth-order valence-corrected chi connectivity index (χ4v) is 2.78. The number of carbonyl (C=O) groups excluding carboxylic acids is 1. The van der Waals surface area contributed by atoms with Gasteiger partial charge in [-0.15, -0.1) is 0 Å². The number of nitrogen functional groups attached to an aromatic ring is 1. The lowest BCUT2D eigenvalue weighted by molar-refractivity contribution is 0.0442. The number of fused-ring (bicyclic) bond motifs is 2. The number of amides is 1. The zero-order valence-corrected chi connectivity index (χ0v) is 11.4. The van der Waals surface area contributed by atoms with E-state index in [1.807, 2.05) is 11.9 Å². The van der Waals surface area contributed by atoms with E-state index < -0.39 is 0 Å². The molecule has 0 unspecified atom stereocenters. The molecule has 6 nitrogen and oxygen atoms in total. The molecule has 0 bridgehead atoms. The standard InChI is InChI=1S/C12H15ClN4O2/c1-16-2-3-17-7(5-16)6-19-8-4-9(13)15-11(14)10(8)12(17)18/h4,7H,2-3,5-6H2,1H3,(H2,14,15)/t7-/m1/s1. The number of hydrogen-bond donors (Lipinski definition) is 1. The van der Waals surface area contributed by atoms with Gasteiger partial charge < -0.3 is 20.3 Å². The molecule has 1 saturated heterocycles. The molecule has 19 heavy (non-hydrogen) atoms. The van der Waals surface area contributed by atoms with Crippen LogP contribution in [0.15, 0.2) is 6.07 Å². The summed E-state index contributed by atoms with van der Waals surface area (Å²) >= 11 is 5.85. The summed E-state index contributed by atoms with van der Waals surface area (Å²) in [5, 5.41) is 0.237. The maximum Gasteiger partial charge on any atom is 0.261 e. The number of halogens is 1. The molecular formula is C12H15ClN4O2. The van der Waals surface area contributed by atoms with Gasteiger partial charge in [0.15, 0.2) is 0 Å². The lowest BCUT2D eigenvalue weighted by atomic mass is 10.1. The smallest absolute Gasteiger partial charge is 0.261 e. The van der Waals surface area contributed by atoms with Crippen molar-refractivity contribution < 1.29 is 9.53 Å². The number of nitrogens with zero attached hydrogens (tertiary/aromatic N) is 3. The molecule has 2 aliphatic rings. The van der Waals surface area contributed by atoms with E-state index in [0.717, 1.165) is 13.1 Å². The maximum atomic E-state index is 12.6. The van der Waals surface area contributed by atoms with Crippen LogP contribution in [0.25, 0.3) is 0 Å². The predicted molar refractivity (Wildman–Crippen MR) is 71.5 cm³/mol. The third-order valence-corrected chi connectivity index (χ3v) is 3.77. The summed E-state index contributed by atoms with van der Waals surface area (Å²) in [6.07, 6.45) is 0. The summed E-state index contributed by atoms with van der Waals surface area (Å²) in [7, 11) is 2.03. The van der Waals surface area contributed by atoms with E-state index in [0.29, 0.717) is 24.5 Å². The van der Waals surface area contributed by atoms with Gasteiger partial charge in [-0.1, -0.05) is 11.6 Å². The molecule has 2 N–H and O–H groups in total. The van der Waals surface area contributed by atoms with Gasteiger partial charge in [0.2, 0.25) is 0 Å². The van der Waals surface area contributed by atoms with Crippen molar-refractivity contribution in [3.63, 3.8) is 0 Å². The second-order valence-corrected chi connectivity index (χ2v) is 5.32. The van der Waals surface area contributed by atoms with Gasteiger partial charge in [-0.3, -0.25) is 4.79 Å². The topological polar surface area (TPSA) is 71.7 Å². The summed E-state index contributed by atoms with van der Waals surface area (Å²) in [5.41, 5.74) is 6.15. The molecule has 0 aromatic carbocycles. The van der Waals surface area contributed by atoms with Crippen molar-refractivity contribution in [1.29, 1.82) is 0 Å². The van der Waals surface area contributed by atoms with Crippen LogP contribution in [-0.4, -0.2) is 60.0 Å². The largest absolute Gasteiger partial charge is 0.490 e. The minimum Gasteiger partial charge on any atom is -0.490 e. The third-order valence-electron chi connectivity index (χ3n) is 3.57. The summed E-state index contributed by atoms with van der Waals surface area (Å²) in [4.78, 5) is 20.5. The Morgan fingerprint density at radius 2 is 2.32 bits per heavy atom. The second-order valence-electron chi connectivity index (χ2n) is 4.93. The Hall–Kier alpha value is -1.53. The number of nitrogens with two attached hydrogens (primary N) is 1. The van der Waals surface area contributed by atoms with Gasteiger partial charge in [-0.2, -0.15) is 0 Å². The Kier molecular flexibility index (Phi) is 2.99. The number of pyridine rings is 1. The first-order valence-corrected chi connectivity index (χ1v) is 6.52. The number of likely N-dealkylation sites (N-methyl/N-ethyl adjacent to an activating group) is 1. The van der Waals surface area contributed by atoms with Gasteiger partial charge in [-0.25, -0.2) is 4.98 Å². The number of carbonyl (C=O) groups is 1. The van der Waals surface area contributed by atoms with Crippen molar-refractivity contribution in [2.45, 2.75) is 6.04 Å². The molecular weight excluding hydrogens is 268 g/mol. The highest BCUT2D eigenvalue weighted by molar-refractivity contribution is 6.29. The van der Waals surface area contributed by atoms with Gasteiger partial charge in [0.1, 0.15) is 28.9 Å². The van der Waals surface area contributed by atoms with Crippen LogP contribution < -0.4 is 10.5 Å². The van der Waals surface area contributed by atoms with Gasteiger partial charge >= 0.3 is 0 Å². The van der Waals surface area contributed by atoms with E-state index in [1.54, 1.807) is 6.07 Å². The summed E-state index contributed by atoms with van der Waals surface area (Å²) in [6.45, 7) is 2.76. The molecule has 1 aromatic rings. The molecule has 2 aliphatic heterocycles. The lowest BCUT2D eigenvalue weighted by Crippen LogP contribution is -2.55. The monoisotopic (exact) mass is 282 g/mol. The molecule has 102 valence electrons. The van der Waals surface area contributed by atoms with Crippen LogP contribution in [0, 0.1) is 0 Å². The molecule has 0 saturated carbocycles. The Labute approximate surface area is 116 Å². The predicted octanol–water partition coefficient (Wildman–Crippen LogP) is 0.466. The van der Waals surface area contributed by atoms with Crippen LogP contribution in [0.3, 0.4) is 0 Å². The molecule has 3 rings (SSSR count). The summed E-state index contributed by atoms with van der Waals surface area (Å²) in [5.74, 6) is 0.443. The van der Waals surface area contributed by atoms with Crippen molar-refractivity contribution in [1.82, 2.24) is 14.8 Å². The summed E-state index contributed by atoms with van der Waals surface area (Å²) in [6, 6.07) is 1.59. The quantitative estimate of drug-likeness (QED) is 0.700. The maximum absolute atomic E-state index is 12.6. The average Bonchev–Trinajstić information content (AvgIpc) is 2.47. The highest BCUT2D eigenvalue weighted by Gasteiger charge is 2.36. The zero-order valence-electron chi connectivity index (χ0n) is 10.6. The number of rotatable bonds is 0. The van der Waals surface area contributed by atoms with Crippen LogP contribution >= 0.6 is 11.6 Å². The minimum absolute atomic E-state index is 0.0387. The molecule has 1 amide bonds. The Morgan fingerprint density at radius 3 is 3.11 bits per heavy atom. The molecule has 3 heterocycles. The number of ether oxygens (including phenoxy) is 1. The fourth-order valence-electron chi connectivity index (χ4n) is 2.59. The first-order chi connectivity index (χ1) is 9.06. The van der Waals surface area contributed by atoms with Crippen LogP contribution in [0.2, 0.25) is 5.15 Å². The van der Waals surface area contributed by atoms with Gasteiger partial charge in [0.05, 0.1) is 6.04 Å². The van der Waals surface area contributed by atoms with E-state index in [1.165, 1.54) is 0 Å². The minimum atomic E-state index is -0.118. The number of piperazine rings is 1. The second kappa shape index (κ2) is 4.54. The Morgan fingerprint density at radius 1 is 1.53 bits per heavy atom. The van der Waals surface area contributed by atoms with Crippen LogP contribution in [0.1, 0.15) is 10.4 Å².